The van der Waals surface area contributed by atoms with Gasteiger partial charge in [-0.25, -0.2) is 9.97 Å². The maximum absolute atomic E-state index is 13.5. The van der Waals surface area contributed by atoms with E-state index in [1.54, 1.807) is 18.7 Å². The highest BCUT2D eigenvalue weighted by Crippen LogP contribution is 2.44. The molecule has 1 N–H and O–H groups in total. The fourth-order valence-electron chi connectivity index (χ4n) is 4.99. The van der Waals surface area contributed by atoms with Crippen LogP contribution in [0.1, 0.15) is 31.4 Å². The Kier molecular flexibility index (Phi) is 4.99. The Balaban J connectivity index is 1.37. The van der Waals surface area contributed by atoms with Gasteiger partial charge in [0.1, 0.15) is 5.76 Å². The molecule has 1 amide bonds. The van der Waals surface area contributed by atoms with Gasteiger partial charge in [-0.15, -0.1) is 0 Å². The molecule has 0 bridgehead atoms. The normalized spacial score (nSPS) is 27.4. The minimum atomic E-state index is -0.369. The number of furan rings is 1. The zero-order valence-corrected chi connectivity index (χ0v) is 16.8. The van der Waals surface area contributed by atoms with Crippen molar-refractivity contribution in [2.75, 3.05) is 37.6 Å². The van der Waals surface area contributed by atoms with Crippen molar-refractivity contribution < 1.29 is 9.21 Å². The molecule has 0 radical (unpaired) electrons. The van der Waals surface area contributed by atoms with Gasteiger partial charge in [-0.3, -0.25) is 9.69 Å². The third-order valence-electron chi connectivity index (χ3n) is 6.77. The number of carbonyl (C=O) groups excluding carboxylic acids is 1. The van der Waals surface area contributed by atoms with Gasteiger partial charge in [-0.05, 0) is 56.3 Å². The Labute approximate surface area is 171 Å². The van der Waals surface area contributed by atoms with Crippen molar-refractivity contribution in [3.05, 3.63) is 42.6 Å². The molecular weight excluding hydrogens is 366 g/mol. The van der Waals surface area contributed by atoms with Crippen LogP contribution in [0.25, 0.3) is 0 Å². The molecule has 2 atom stereocenters. The van der Waals surface area contributed by atoms with E-state index < -0.39 is 0 Å². The SMILES string of the molecule is O=C(NCC1CC1)[C@]12CCCN(Cc3ccco3)C[C@H]1CN(c1ncccn1)C2. The van der Waals surface area contributed by atoms with Crippen LogP contribution >= 0.6 is 0 Å². The van der Waals surface area contributed by atoms with Gasteiger partial charge in [0.2, 0.25) is 11.9 Å². The molecule has 29 heavy (non-hydrogen) atoms. The number of amides is 1. The molecule has 0 spiro atoms. The van der Waals surface area contributed by atoms with Crippen molar-refractivity contribution in [1.29, 1.82) is 0 Å². The predicted molar refractivity (Wildman–Crippen MR) is 109 cm³/mol. The first kappa shape index (κ1) is 18.6. The number of aromatic nitrogens is 2. The molecule has 0 unspecified atom stereocenters. The summed E-state index contributed by atoms with van der Waals surface area (Å²) in [5, 5.41) is 3.29. The maximum atomic E-state index is 13.5. The summed E-state index contributed by atoms with van der Waals surface area (Å²) in [6, 6.07) is 5.80. The molecular formula is C22H29N5O2. The van der Waals surface area contributed by atoms with Crippen LogP contribution in [0.15, 0.2) is 41.3 Å². The molecule has 5 rings (SSSR count). The van der Waals surface area contributed by atoms with E-state index in [1.165, 1.54) is 12.8 Å². The predicted octanol–water partition coefficient (Wildman–Crippen LogP) is 2.31. The number of fused-ring (bicyclic) bond motifs is 1. The summed E-state index contributed by atoms with van der Waals surface area (Å²) in [7, 11) is 0. The number of rotatable bonds is 6. The molecule has 2 saturated heterocycles. The quantitative estimate of drug-likeness (QED) is 0.809. The molecule has 7 nitrogen and oxygen atoms in total. The monoisotopic (exact) mass is 395 g/mol. The minimum absolute atomic E-state index is 0.229. The molecule has 2 aromatic rings. The number of hydrogen-bond acceptors (Lipinski definition) is 6. The van der Waals surface area contributed by atoms with Gasteiger partial charge < -0.3 is 14.6 Å². The topological polar surface area (TPSA) is 74.5 Å². The molecule has 2 aliphatic heterocycles. The second-order valence-corrected chi connectivity index (χ2v) is 8.85. The van der Waals surface area contributed by atoms with Gasteiger partial charge in [-0.1, -0.05) is 0 Å². The van der Waals surface area contributed by atoms with Crippen LogP contribution in [0.2, 0.25) is 0 Å². The fourth-order valence-corrected chi connectivity index (χ4v) is 4.99. The fraction of sp³-hybridized carbons (Fsp3) is 0.591. The van der Waals surface area contributed by atoms with E-state index in [9.17, 15) is 4.79 Å². The molecule has 2 aromatic heterocycles. The molecule has 3 aliphatic rings. The average Bonchev–Trinajstić information content (AvgIpc) is 3.36. The van der Waals surface area contributed by atoms with Crippen LogP contribution < -0.4 is 10.2 Å². The highest BCUT2D eigenvalue weighted by Gasteiger charge is 2.53. The van der Waals surface area contributed by atoms with Crippen LogP contribution in [-0.2, 0) is 11.3 Å². The summed E-state index contributed by atoms with van der Waals surface area (Å²) in [6.45, 7) is 5.02. The van der Waals surface area contributed by atoms with Crippen LogP contribution in [0, 0.1) is 17.3 Å². The molecule has 0 aromatic carbocycles. The lowest BCUT2D eigenvalue weighted by Gasteiger charge is -2.32. The lowest BCUT2D eigenvalue weighted by Crippen LogP contribution is -2.48. The Hall–Kier alpha value is -2.41. The average molecular weight is 396 g/mol. The molecule has 7 heteroatoms. The largest absolute Gasteiger partial charge is 0.468 e. The van der Waals surface area contributed by atoms with Crippen molar-refractivity contribution in [2.45, 2.75) is 32.2 Å². The summed E-state index contributed by atoms with van der Waals surface area (Å²) in [5.74, 6) is 2.88. The second kappa shape index (κ2) is 7.78. The highest BCUT2D eigenvalue weighted by atomic mass is 16.3. The van der Waals surface area contributed by atoms with Crippen LogP contribution in [0.3, 0.4) is 0 Å². The van der Waals surface area contributed by atoms with Crippen LogP contribution in [0.4, 0.5) is 5.95 Å². The summed E-state index contributed by atoms with van der Waals surface area (Å²) >= 11 is 0. The molecule has 3 fully saturated rings. The van der Waals surface area contributed by atoms with E-state index >= 15 is 0 Å². The van der Waals surface area contributed by atoms with E-state index in [0.717, 1.165) is 57.3 Å². The lowest BCUT2D eigenvalue weighted by atomic mass is 9.74. The van der Waals surface area contributed by atoms with Gasteiger partial charge >= 0.3 is 0 Å². The number of carbonyl (C=O) groups is 1. The summed E-state index contributed by atoms with van der Waals surface area (Å²) in [5.41, 5.74) is -0.369. The third kappa shape index (κ3) is 3.88. The van der Waals surface area contributed by atoms with Gasteiger partial charge in [-0.2, -0.15) is 0 Å². The Morgan fingerprint density at radius 3 is 2.86 bits per heavy atom. The molecule has 1 saturated carbocycles. The molecule has 154 valence electrons. The number of likely N-dealkylation sites (tertiary alicyclic amines) is 1. The van der Waals surface area contributed by atoms with Crippen LogP contribution in [0.5, 0.6) is 0 Å². The van der Waals surface area contributed by atoms with Crippen LogP contribution in [-0.4, -0.2) is 53.5 Å². The number of hydrogen-bond donors (Lipinski definition) is 1. The maximum Gasteiger partial charge on any atom is 0.228 e. The molecule has 4 heterocycles. The first-order chi connectivity index (χ1) is 14.2. The number of nitrogens with one attached hydrogen (secondary N) is 1. The summed E-state index contributed by atoms with van der Waals surface area (Å²) < 4.78 is 5.57. The Morgan fingerprint density at radius 2 is 2.10 bits per heavy atom. The van der Waals surface area contributed by atoms with E-state index in [0.29, 0.717) is 12.5 Å². The second-order valence-electron chi connectivity index (χ2n) is 8.85. The van der Waals surface area contributed by atoms with Crippen molar-refractivity contribution in [3.63, 3.8) is 0 Å². The first-order valence-electron chi connectivity index (χ1n) is 10.8. The first-order valence-corrected chi connectivity index (χ1v) is 10.8. The highest BCUT2D eigenvalue weighted by molar-refractivity contribution is 5.84. The number of nitrogens with zero attached hydrogens (tertiary/aromatic N) is 4. The van der Waals surface area contributed by atoms with Gasteiger partial charge in [0, 0.05) is 44.5 Å². The van der Waals surface area contributed by atoms with E-state index in [1.807, 2.05) is 18.2 Å². The standard InChI is InChI=1S/C22H29N5O2/c28-20(25-12-17-5-6-17)22-7-2-10-26(15-19-4-1-11-29-19)13-18(22)14-27(16-22)21-23-8-3-9-24-21/h1,3-4,8-9,11,17-18H,2,5-7,10,12-16H2,(H,25,28)/t18-,22-/m0/s1. The van der Waals surface area contributed by atoms with Gasteiger partial charge in [0.05, 0.1) is 18.2 Å². The molecule has 1 aliphatic carbocycles. The van der Waals surface area contributed by atoms with Crippen molar-refractivity contribution in [2.24, 2.45) is 17.3 Å². The van der Waals surface area contributed by atoms with Crippen molar-refractivity contribution in [3.8, 4) is 0 Å². The zero-order valence-electron chi connectivity index (χ0n) is 16.8. The minimum Gasteiger partial charge on any atom is -0.468 e. The third-order valence-corrected chi connectivity index (χ3v) is 6.77. The van der Waals surface area contributed by atoms with Crippen molar-refractivity contribution in [1.82, 2.24) is 20.2 Å². The van der Waals surface area contributed by atoms with E-state index in [4.69, 9.17) is 4.42 Å². The van der Waals surface area contributed by atoms with E-state index in [-0.39, 0.29) is 17.2 Å². The Morgan fingerprint density at radius 1 is 1.24 bits per heavy atom. The van der Waals surface area contributed by atoms with Gasteiger partial charge in [0.25, 0.3) is 0 Å². The summed E-state index contributed by atoms with van der Waals surface area (Å²) in [4.78, 5) is 27.0. The lowest BCUT2D eigenvalue weighted by molar-refractivity contribution is -0.132. The zero-order chi connectivity index (χ0) is 19.7. The van der Waals surface area contributed by atoms with Gasteiger partial charge in [0.15, 0.2) is 0 Å². The van der Waals surface area contributed by atoms with Crippen molar-refractivity contribution >= 4 is 11.9 Å². The van der Waals surface area contributed by atoms with E-state index in [2.05, 4.69) is 25.1 Å². The smallest absolute Gasteiger partial charge is 0.228 e. The Bertz CT molecular complexity index is 823. The summed E-state index contributed by atoms with van der Waals surface area (Å²) in [6.07, 6.45) is 9.70. The number of anilines is 1.